The molecule has 0 radical (unpaired) electrons. The molecular formula is C17H21BrN2. The normalized spacial score (nSPS) is 10.6. The van der Waals surface area contributed by atoms with Crippen molar-refractivity contribution in [3.05, 3.63) is 63.6 Å². The molecule has 0 aromatic heterocycles. The number of benzene rings is 2. The van der Waals surface area contributed by atoms with Gasteiger partial charge in [-0.1, -0.05) is 40.2 Å². The van der Waals surface area contributed by atoms with Gasteiger partial charge in [-0.3, -0.25) is 0 Å². The zero-order valence-electron chi connectivity index (χ0n) is 12.3. The summed E-state index contributed by atoms with van der Waals surface area (Å²) in [7, 11) is 4.12. The van der Waals surface area contributed by atoms with E-state index < -0.39 is 0 Å². The van der Waals surface area contributed by atoms with Gasteiger partial charge in [0.05, 0.1) is 0 Å². The molecule has 0 aliphatic carbocycles. The molecular weight excluding hydrogens is 312 g/mol. The molecule has 0 bridgehead atoms. The van der Waals surface area contributed by atoms with Gasteiger partial charge in [-0.2, -0.15) is 0 Å². The molecule has 2 rings (SSSR count). The lowest BCUT2D eigenvalue weighted by Gasteiger charge is -2.13. The van der Waals surface area contributed by atoms with Crippen molar-refractivity contribution in [1.29, 1.82) is 0 Å². The van der Waals surface area contributed by atoms with Gasteiger partial charge in [0.25, 0.3) is 0 Å². The lowest BCUT2D eigenvalue weighted by atomic mass is 10.1. The van der Waals surface area contributed by atoms with E-state index in [1.807, 2.05) is 0 Å². The van der Waals surface area contributed by atoms with Crippen LogP contribution in [0.5, 0.6) is 0 Å². The maximum absolute atomic E-state index is 3.53. The number of rotatable bonds is 5. The van der Waals surface area contributed by atoms with Crippen LogP contribution in [0.1, 0.15) is 16.7 Å². The molecule has 1 N–H and O–H groups in total. The Morgan fingerprint density at radius 2 is 1.55 bits per heavy atom. The predicted octanol–water partition coefficient (Wildman–Crippen LogP) is 4.11. The summed E-state index contributed by atoms with van der Waals surface area (Å²) < 4.78 is 1.17. The number of anilines is 1. The Morgan fingerprint density at radius 1 is 0.950 bits per heavy atom. The monoisotopic (exact) mass is 332 g/mol. The number of aryl methyl sites for hydroxylation is 1. The van der Waals surface area contributed by atoms with Crippen molar-refractivity contribution in [2.45, 2.75) is 20.0 Å². The second-order valence-electron chi connectivity index (χ2n) is 5.25. The van der Waals surface area contributed by atoms with Crippen molar-refractivity contribution in [3.63, 3.8) is 0 Å². The average molecular weight is 333 g/mol. The lowest BCUT2D eigenvalue weighted by molar-refractivity contribution is 0.693. The van der Waals surface area contributed by atoms with Crippen molar-refractivity contribution < 1.29 is 0 Å². The molecule has 106 valence electrons. The third-order valence-corrected chi connectivity index (χ3v) is 4.22. The van der Waals surface area contributed by atoms with Crippen molar-refractivity contribution in [2.24, 2.45) is 0 Å². The number of nitrogens with zero attached hydrogens (tertiary/aromatic N) is 1. The number of hydrogen-bond acceptors (Lipinski definition) is 2. The Kier molecular flexibility index (Phi) is 5.21. The van der Waals surface area contributed by atoms with E-state index in [0.29, 0.717) is 0 Å². The molecule has 0 atom stereocenters. The van der Waals surface area contributed by atoms with Gasteiger partial charge >= 0.3 is 0 Å². The van der Waals surface area contributed by atoms with Gasteiger partial charge in [-0.05, 0) is 41.8 Å². The van der Waals surface area contributed by atoms with Crippen LogP contribution in [0, 0.1) is 6.92 Å². The standard InChI is InChI=1S/C17H21BrN2/c1-13-10-15(6-9-17(13)18)12-19-11-14-4-7-16(8-5-14)20(2)3/h4-10,19H,11-12H2,1-3H3. The van der Waals surface area contributed by atoms with Crippen LogP contribution in [0.3, 0.4) is 0 Å². The number of hydrogen-bond donors (Lipinski definition) is 1. The summed E-state index contributed by atoms with van der Waals surface area (Å²) in [4.78, 5) is 2.11. The maximum Gasteiger partial charge on any atom is 0.0361 e. The van der Waals surface area contributed by atoms with Crippen LogP contribution >= 0.6 is 15.9 Å². The summed E-state index contributed by atoms with van der Waals surface area (Å²) in [6, 6.07) is 15.1. The Bertz CT molecular complexity index is 562. The summed E-state index contributed by atoms with van der Waals surface area (Å²) in [6.45, 7) is 3.90. The van der Waals surface area contributed by atoms with Crippen molar-refractivity contribution >= 4 is 21.6 Å². The number of halogens is 1. The minimum absolute atomic E-state index is 0.892. The quantitative estimate of drug-likeness (QED) is 0.886. The Balaban J connectivity index is 1.87. The Labute approximate surface area is 129 Å². The van der Waals surface area contributed by atoms with Crippen molar-refractivity contribution in [2.75, 3.05) is 19.0 Å². The van der Waals surface area contributed by atoms with Crippen LogP contribution in [-0.4, -0.2) is 14.1 Å². The first-order valence-electron chi connectivity index (χ1n) is 6.78. The molecule has 0 amide bonds. The van der Waals surface area contributed by atoms with E-state index in [0.717, 1.165) is 13.1 Å². The molecule has 0 heterocycles. The zero-order valence-corrected chi connectivity index (χ0v) is 13.9. The van der Waals surface area contributed by atoms with Crippen LogP contribution < -0.4 is 10.2 Å². The fourth-order valence-electron chi connectivity index (χ4n) is 2.08. The molecule has 3 heteroatoms. The molecule has 20 heavy (non-hydrogen) atoms. The second-order valence-corrected chi connectivity index (χ2v) is 6.10. The third-order valence-electron chi connectivity index (χ3n) is 3.33. The van der Waals surface area contributed by atoms with E-state index in [4.69, 9.17) is 0 Å². The van der Waals surface area contributed by atoms with E-state index in [1.165, 1.54) is 26.9 Å². The van der Waals surface area contributed by atoms with Crippen LogP contribution in [-0.2, 0) is 13.1 Å². The van der Waals surface area contributed by atoms with Crippen LogP contribution in [0.25, 0.3) is 0 Å². The largest absolute Gasteiger partial charge is 0.378 e. The average Bonchev–Trinajstić information content (AvgIpc) is 2.43. The smallest absolute Gasteiger partial charge is 0.0361 e. The summed E-state index contributed by atoms with van der Waals surface area (Å²) >= 11 is 3.53. The van der Waals surface area contributed by atoms with Crippen molar-refractivity contribution in [3.8, 4) is 0 Å². The lowest BCUT2D eigenvalue weighted by Crippen LogP contribution is -2.13. The van der Waals surface area contributed by atoms with Gasteiger partial charge in [-0.25, -0.2) is 0 Å². The maximum atomic E-state index is 3.53. The third kappa shape index (κ3) is 4.09. The number of nitrogens with one attached hydrogen (secondary N) is 1. The summed E-state index contributed by atoms with van der Waals surface area (Å²) in [5.74, 6) is 0. The summed E-state index contributed by atoms with van der Waals surface area (Å²) in [5.41, 5.74) is 5.14. The molecule has 0 unspecified atom stereocenters. The first-order chi connectivity index (χ1) is 9.56. The molecule has 0 aliphatic heterocycles. The molecule has 0 fully saturated rings. The molecule has 2 nitrogen and oxygen atoms in total. The van der Waals surface area contributed by atoms with Crippen LogP contribution in [0.4, 0.5) is 5.69 Å². The molecule has 0 spiro atoms. The van der Waals surface area contributed by atoms with Gasteiger partial charge in [-0.15, -0.1) is 0 Å². The highest BCUT2D eigenvalue weighted by Crippen LogP contribution is 2.17. The van der Waals surface area contributed by atoms with Gasteiger partial charge < -0.3 is 10.2 Å². The fourth-order valence-corrected chi connectivity index (χ4v) is 2.33. The topological polar surface area (TPSA) is 15.3 Å². The van der Waals surface area contributed by atoms with Gasteiger partial charge in [0.15, 0.2) is 0 Å². The second kappa shape index (κ2) is 6.91. The highest BCUT2D eigenvalue weighted by atomic mass is 79.9. The van der Waals surface area contributed by atoms with Crippen LogP contribution in [0.15, 0.2) is 46.9 Å². The van der Waals surface area contributed by atoms with Crippen molar-refractivity contribution in [1.82, 2.24) is 5.32 Å². The Morgan fingerprint density at radius 3 is 2.15 bits per heavy atom. The minimum atomic E-state index is 0.892. The molecule has 0 saturated heterocycles. The summed E-state index contributed by atoms with van der Waals surface area (Å²) in [5, 5.41) is 3.48. The highest BCUT2D eigenvalue weighted by molar-refractivity contribution is 9.10. The van der Waals surface area contributed by atoms with E-state index in [9.17, 15) is 0 Å². The highest BCUT2D eigenvalue weighted by Gasteiger charge is 1.99. The summed E-state index contributed by atoms with van der Waals surface area (Å²) in [6.07, 6.45) is 0. The van der Waals surface area contributed by atoms with E-state index in [1.54, 1.807) is 0 Å². The molecule has 2 aromatic carbocycles. The fraction of sp³-hybridized carbons (Fsp3) is 0.294. The zero-order chi connectivity index (χ0) is 14.5. The minimum Gasteiger partial charge on any atom is -0.378 e. The molecule has 0 saturated carbocycles. The first kappa shape index (κ1) is 15.1. The van der Waals surface area contributed by atoms with Gasteiger partial charge in [0.2, 0.25) is 0 Å². The first-order valence-corrected chi connectivity index (χ1v) is 7.57. The van der Waals surface area contributed by atoms with Crippen LogP contribution in [0.2, 0.25) is 0 Å². The Hall–Kier alpha value is -1.32. The van der Waals surface area contributed by atoms with Gasteiger partial charge in [0.1, 0.15) is 0 Å². The molecule has 0 aliphatic rings. The van der Waals surface area contributed by atoms with E-state index in [2.05, 4.69) is 89.6 Å². The SMILES string of the molecule is Cc1cc(CNCc2ccc(N(C)C)cc2)ccc1Br. The van der Waals surface area contributed by atoms with Gasteiger partial charge in [0, 0.05) is 37.3 Å². The molecule has 2 aromatic rings. The predicted molar refractivity (Wildman–Crippen MR) is 90.2 cm³/mol. The van der Waals surface area contributed by atoms with E-state index >= 15 is 0 Å². The van der Waals surface area contributed by atoms with E-state index in [-0.39, 0.29) is 0 Å².